The molecule has 0 spiro atoms. The van der Waals surface area contributed by atoms with Gasteiger partial charge in [0.15, 0.2) is 0 Å². The molecule has 0 unspecified atom stereocenters. The van der Waals surface area contributed by atoms with Gasteiger partial charge in [0.2, 0.25) is 0 Å². The molecule has 112 valence electrons. The van der Waals surface area contributed by atoms with Gasteiger partial charge in [-0.05, 0) is 26.3 Å². The number of aromatic nitrogens is 2. The van der Waals surface area contributed by atoms with Crippen molar-refractivity contribution in [3.63, 3.8) is 0 Å². The normalized spacial score (nSPS) is 12.0. The lowest BCUT2D eigenvalue weighted by Gasteiger charge is -2.16. The second-order valence-corrected chi connectivity index (χ2v) is 5.34. The highest BCUT2D eigenvalue weighted by atomic mass is 16.2. The number of amides is 2. The molecule has 0 aliphatic rings. The molecular weight excluding hydrogens is 264 g/mol. The van der Waals surface area contributed by atoms with E-state index in [-0.39, 0.29) is 12.1 Å². The molecule has 5 heteroatoms. The topological polar surface area (TPSA) is 59.0 Å². The summed E-state index contributed by atoms with van der Waals surface area (Å²) in [7, 11) is 0. The predicted molar refractivity (Wildman–Crippen MR) is 83.1 cm³/mol. The fraction of sp³-hybridized carbons (Fsp3) is 0.375. The van der Waals surface area contributed by atoms with Crippen LogP contribution < -0.4 is 10.6 Å². The summed E-state index contributed by atoms with van der Waals surface area (Å²) in [6.45, 7) is 7.40. The number of nitrogens with zero attached hydrogens (tertiary/aromatic N) is 2. The largest absolute Gasteiger partial charge is 0.336 e. The zero-order chi connectivity index (χ0) is 15.2. The van der Waals surface area contributed by atoms with Crippen LogP contribution in [0.5, 0.6) is 0 Å². The minimum Gasteiger partial charge on any atom is -0.336 e. The van der Waals surface area contributed by atoms with Crippen molar-refractivity contribution in [3.05, 3.63) is 53.6 Å². The van der Waals surface area contributed by atoms with Crippen LogP contribution in [-0.4, -0.2) is 22.1 Å². The van der Waals surface area contributed by atoms with Gasteiger partial charge in [0.05, 0.1) is 12.4 Å². The van der Waals surface area contributed by atoms with Gasteiger partial charge in [-0.2, -0.15) is 0 Å². The van der Waals surface area contributed by atoms with Gasteiger partial charge >= 0.3 is 6.03 Å². The lowest BCUT2D eigenvalue weighted by atomic mass is 10.0. The number of rotatable bonds is 5. The number of aryl methyl sites for hydroxylation is 2. The summed E-state index contributed by atoms with van der Waals surface area (Å²) in [5, 5.41) is 5.81. The Labute approximate surface area is 125 Å². The Morgan fingerprint density at radius 1 is 1.29 bits per heavy atom. The third-order valence-corrected chi connectivity index (χ3v) is 3.31. The van der Waals surface area contributed by atoms with Crippen LogP contribution in [0.1, 0.15) is 29.7 Å². The second kappa shape index (κ2) is 6.92. The molecule has 0 bridgehead atoms. The van der Waals surface area contributed by atoms with E-state index in [1.807, 2.05) is 17.7 Å². The smallest absolute Gasteiger partial charge is 0.315 e. The van der Waals surface area contributed by atoms with Gasteiger partial charge in [0.25, 0.3) is 0 Å². The SMILES string of the molecule is Cc1cc(C)cc([C@H](C)NC(=O)NCCn2ccnc2)c1. The molecule has 0 saturated heterocycles. The van der Waals surface area contributed by atoms with Crippen molar-refractivity contribution >= 4 is 6.03 Å². The Balaban J connectivity index is 1.81. The number of imidazole rings is 1. The van der Waals surface area contributed by atoms with Crippen molar-refractivity contribution in [2.75, 3.05) is 6.54 Å². The van der Waals surface area contributed by atoms with Gasteiger partial charge in [-0.25, -0.2) is 9.78 Å². The molecule has 2 amide bonds. The predicted octanol–water partition coefficient (Wildman–Crippen LogP) is 2.56. The van der Waals surface area contributed by atoms with E-state index in [1.54, 1.807) is 12.5 Å². The molecule has 0 radical (unpaired) electrons. The molecule has 0 saturated carbocycles. The first kappa shape index (κ1) is 15.1. The Morgan fingerprint density at radius 3 is 2.62 bits per heavy atom. The zero-order valence-corrected chi connectivity index (χ0v) is 12.8. The Morgan fingerprint density at radius 2 is 2.00 bits per heavy atom. The molecule has 5 nitrogen and oxygen atoms in total. The molecular formula is C16H22N4O. The summed E-state index contributed by atoms with van der Waals surface area (Å²) in [5.74, 6) is 0. The van der Waals surface area contributed by atoms with Crippen LogP contribution in [0.3, 0.4) is 0 Å². The highest BCUT2D eigenvalue weighted by Gasteiger charge is 2.09. The molecule has 21 heavy (non-hydrogen) atoms. The van der Waals surface area contributed by atoms with Gasteiger partial charge in [-0.15, -0.1) is 0 Å². The van der Waals surface area contributed by atoms with E-state index >= 15 is 0 Å². The van der Waals surface area contributed by atoms with Crippen LogP contribution >= 0.6 is 0 Å². The molecule has 2 N–H and O–H groups in total. The fourth-order valence-corrected chi connectivity index (χ4v) is 2.31. The van der Waals surface area contributed by atoms with E-state index in [4.69, 9.17) is 0 Å². The fourth-order valence-electron chi connectivity index (χ4n) is 2.31. The highest BCUT2D eigenvalue weighted by molar-refractivity contribution is 5.74. The van der Waals surface area contributed by atoms with Crippen LogP contribution in [0, 0.1) is 13.8 Å². The van der Waals surface area contributed by atoms with Crippen LogP contribution in [-0.2, 0) is 6.54 Å². The average Bonchev–Trinajstić information content (AvgIpc) is 2.90. The highest BCUT2D eigenvalue weighted by Crippen LogP contribution is 2.16. The first-order valence-electron chi connectivity index (χ1n) is 7.13. The molecule has 1 atom stereocenters. The van der Waals surface area contributed by atoms with E-state index in [2.05, 4.69) is 47.7 Å². The van der Waals surface area contributed by atoms with Crippen LogP contribution in [0.25, 0.3) is 0 Å². The van der Waals surface area contributed by atoms with Crippen LogP contribution in [0.4, 0.5) is 4.79 Å². The van der Waals surface area contributed by atoms with Crippen molar-refractivity contribution in [2.24, 2.45) is 0 Å². The van der Waals surface area contributed by atoms with Crippen molar-refractivity contribution < 1.29 is 4.79 Å². The lowest BCUT2D eigenvalue weighted by molar-refractivity contribution is 0.237. The first-order valence-corrected chi connectivity index (χ1v) is 7.13. The van der Waals surface area contributed by atoms with Crippen molar-refractivity contribution in [3.8, 4) is 0 Å². The third kappa shape index (κ3) is 4.63. The van der Waals surface area contributed by atoms with Gasteiger partial charge in [0, 0.05) is 25.5 Å². The summed E-state index contributed by atoms with van der Waals surface area (Å²) in [6.07, 6.45) is 5.33. The lowest BCUT2D eigenvalue weighted by Crippen LogP contribution is -2.38. The summed E-state index contributed by atoms with van der Waals surface area (Å²) < 4.78 is 1.92. The molecule has 2 rings (SSSR count). The zero-order valence-electron chi connectivity index (χ0n) is 12.8. The summed E-state index contributed by atoms with van der Waals surface area (Å²) in [5.41, 5.74) is 3.54. The molecule has 2 aromatic rings. The quantitative estimate of drug-likeness (QED) is 0.887. The second-order valence-electron chi connectivity index (χ2n) is 5.34. The maximum absolute atomic E-state index is 11.9. The standard InChI is InChI=1S/C16H22N4O/c1-12-8-13(2)10-15(9-12)14(3)19-16(21)18-5-7-20-6-4-17-11-20/h4,6,8-11,14H,5,7H2,1-3H3,(H2,18,19,21)/t14-/m0/s1. The van der Waals surface area contributed by atoms with Gasteiger partial charge in [-0.1, -0.05) is 29.3 Å². The third-order valence-electron chi connectivity index (χ3n) is 3.31. The molecule has 1 aromatic heterocycles. The summed E-state index contributed by atoms with van der Waals surface area (Å²) in [6, 6.07) is 6.16. The van der Waals surface area contributed by atoms with Gasteiger partial charge < -0.3 is 15.2 Å². The van der Waals surface area contributed by atoms with Gasteiger partial charge in [-0.3, -0.25) is 0 Å². The number of urea groups is 1. The van der Waals surface area contributed by atoms with Gasteiger partial charge in [0.1, 0.15) is 0 Å². The molecule has 0 aliphatic heterocycles. The van der Waals surface area contributed by atoms with Crippen molar-refractivity contribution in [1.29, 1.82) is 0 Å². The number of carbonyl (C=O) groups excluding carboxylic acids is 1. The summed E-state index contributed by atoms with van der Waals surface area (Å²) >= 11 is 0. The number of carbonyl (C=O) groups is 1. The van der Waals surface area contributed by atoms with Crippen LogP contribution in [0.2, 0.25) is 0 Å². The summed E-state index contributed by atoms with van der Waals surface area (Å²) in [4.78, 5) is 15.8. The Kier molecular flexibility index (Phi) is 4.98. The Bertz CT molecular complexity index is 572. The number of hydrogen-bond acceptors (Lipinski definition) is 2. The molecule has 0 aliphatic carbocycles. The minimum absolute atomic E-state index is 0.0168. The van der Waals surface area contributed by atoms with E-state index in [9.17, 15) is 4.79 Å². The number of nitrogens with one attached hydrogen (secondary N) is 2. The molecule has 1 aromatic carbocycles. The Hall–Kier alpha value is -2.30. The van der Waals surface area contributed by atoms with E-state index in [0.29, 0.717) is 13.1 Å². The maximum atomic E-state index is 11.9. The maximum Gasteiger partial charge on any atom is 0.315 e. The molecule has 0 fully saturated rings. The average molecular weight is 286 g/mol. The van der Waals surface area contributed by atoms with Crippen molar-refractivity contribution in [1.82, 2.24) is 20.2 Å². The first-order chi connectivity index (χ1) is 10.0. The number of hydrogen-bond donors (Lipinski definition) is 2. The monoisotopic (exact) mass is 286 g/mol. The van der Waals surface area contributed by atoms with Crippen molar-refractivity contribution in [2.45, 2.75) is 33.4 Å². The van der Waals surface area contributed by atoms with E-state index in [0.717, 1.165) is 5.56 Å². The van der Waals surface area contributed by atoms with Crippen LogP contribution in [0.15, 0.2) is 36.9 Å². The number of benzene rings is 1. The molecule has 1 heterocycles. The van der Waals surface area contributed by atoms with E-state index in [1.165, 1.54) is 11.1 Å². The minimum atomic E-state index is -0.151. The van der Waals surface area contributed by atoms with E-state index < -0.39 is 0 Å².